The highest BCUT2D eigenvalue weighted by Gasteiger charge is 2.28. The van der Waals surface area contributed by atoms with Crippen molar-refractivity contribution in [2.75, 3.05) is 23.3 Å². The van der Waals surface area contributed by atoms with Gasteiger partial charge in [-0.25, -0.2) is 13.8 Å². The molecule has 2 N–H and O–H groups in total. The predicted octanol–water partition coefficient (Wildman–Crippen LogP) is 6.18. The molecule has 5 aromatic carbocycles. The normalized spacial score (nSPS) is 11.1. The minimum absolute atomic E-state index is 0.00913. The lowest BCUT2D eigenvalue weighted by atomic mass is 10.1. The van der Waals surface area contributed by atoms with Crippen LogP contribution in [0.3, 0.4) is 0 Å². The summed E-state index contributed by atoms with van der Waals surface area (Å²) in [6, 6.07) is 35.9. The summed E-state index contributed by atoms with van der Waals surface area (Å²) in [5.74, 6) is 0.126. The smallest absolute Gasteiger partial charge is 0.273 e. The molecule has 0 aromatic heterocycles. The maximum Gasteiger partial charge on any atom is 0.273 e. The number of para-hydroxylation sites is 1. The molecule has 0 aliphatic carbocycles. The minimum Gasteiger partial charge on any atom is -0.497 e. The number of carbonyl (C=O) groups is 2. The molecule has 0 radical (unpaired) electrons. The molecule has 0 heterocycles. The summed E-state index contributed by atoms with van der Waals surface area (Å²) in [6.07, 6.45) is 1.45. The molecule has 0 aliphatic heterocycles. The molecule has 0 aliphatic rings. The second kappa shape index (κ2) is 15.6. The van der Waals surface area contributed by atoms with Crippen LogP contribution in [0.1, 0.15) is 27.0 Å². The maximum atomic E-state index is 14.0. The van der Waals surface area contributed by atoms with Gasteiger partial charge in [0.1, 0.15) is 11.5 Å². The topological polar surface area (TPSA) is 126 Å². The third kappa shape index (κ3) is 8.65. The molecule has 0 unspecified atom stereocenters. The second-order valence-corrected chi connectivity index (χ2v) is 12.5. The van der Waals surface area contributed by atoms with Crippen molar-refractivity contribution < 1.29 is 27.5 Å². The van der Waals surface area contributed by atoms with Gasteiger partial charge in [-0.3, -0.25) is 13.9 Å². The van der Waals surface area contributed by atoms with Crippen molar-refractivity contribution in [1.82, 2.24) is 5.43 Å². The van der Waals surface area contributed by atoms with E-state index in [1.54, 1.807) is 60.7 Å². The number of hydrazone groups is 1. The van der Waals surface area contributed by atoms with Crippen molar-refractivity contribution in [2.24, 2.45) is 5.10 Å². The van der Waals surface area contributed by atoms with E-state index in [9.17, 15) is 18.0 Å². The number of nitrogens with one attached hydrogen (secondary N) is 2. The van der Waals surface area contributed by atoms with Gasteiger partial charge in [0.25, 0.3) is 21.8 Å². The van der Waals surface area contributed by atoms with E-state index >= 15 is 0 Å². The van der Waals surface area contributed by atoms with E-state index in [2.05, 4.69) is 15.8 Å². The van der Waals surface area contributed by atoms with Crippen LogP contribution >= 0.6 is 0 Å². The van der Waals surface area contributed by atoms with Crippen LogP contribution in [-0.4, -0.2) is 40.2 Å². The van der Waals surface area contributed by atoms with Crippen molar-refractivity contribution in [2.45, 2.75) is 18.4 Å². The average Bonchev–Trinajstić information content (AvgIpc) is 3.11. The fraction of sp³-hybridized carbons (Fsp3) is 0.108. The highest BCUT2D eigenvalue weighted by molar-refractivity contribution is 7.92. The van der Waals surface area contributed by atoms with Gasteiger partial charge >= 0.3 is 0 Å². The number of nitrogens with zero attached hydrogens (tertiary/aromatic N) is 2. The standard InChI is InChI=1S/C37H34N4O6S/c1-27-12-16-30(17-13-27)39-36(42)26-47-32-18-14-28(15-19-32)24-38-40-37(43)34-10-6-7-11-35(34)41(25-29-8-4-3-5-9-29)48(44,45)33-22-20-31(46-2)21-23-33/h3-24H,25-26H2,1-2H3,(H,39,42)(H,40,43)/b38-24-. The zero-order valence-electron chi connectivity index (χ0n) is 26.4. The first-order valence-electron chi connectivity index (χ1n) is 15.0. The molecule has 0 fully saturated rings. The molecule has 10 nitrogen and oxygen atoms in total. The van der Waals surface area contributed by atoms with E-state index in [-0.39, 0.29) is 35.2 Å². The molecule has 0 saturated carbocycles. The lowest BCUT2D eigenvalue weighted by Crippen LogP contribution is -2.33. The average molecular weight is 663 g/mol. The van der Waals surface area contributed by atoms with Gasteiger partial charge in [0, 0.05) is 5.69 Å². The van der Waals surface area contributed by atoms with Gasteiger partial charge in [-0.05, 0) is 90.8 Å². The molecule has 48 heavy (non-hydrogen) atoms. The summed E-state index contributed by atoms with van der Waals surface area (Å²) < 4.78 is 40.0. The Morgan fingerprint density at radius 3 is 2.12 bits per heavy atom. The van der Waals surface area contributed by atoms with Crippen LogP contribution in [-0.2, 0) is 21.4 Å². The van der Waals surface area contributed by atoms with E-state index in [4.69, 9.17) is 9.47 Å². The van der Waals surface area contributed by atoms with Crippen LogP contribution in [0.15, 0.2) is 137 Å². The molecular formula is C37H34N4O6S. The number of hydrogen-bond donors (Lipinski definition) is 2. The highest BCUT2D eigenvalue weighted by atomic mass is 32.2. The number of sulfonamides is 1. The zero-order chi connectivity index (χ0) is 33.9. The van der Waals surface area contributed by atoms with E-state index in [0.29, 0.717) is 22.7 Å². The Hall–Kier alpha value is -5.94. The lowest BCUT2D eigenvalue weighted by Gasteiger charge is -2.26. The summed E-state index contributed by atoms with van der Waals surface area (Å²) in [6.45, 7) is 1.80. The molecule has 5 rings (SSSR count). The number of rotatable bonds is 13. The third-order valence-corrected chi connectivity index (χ3v) is 8.97. The van der Waals surface area contributed by atoms with Crippen molar-refractivity contribution in [1.29, 1.82) is 0 Å². The summed E-state index contributed by atoms with van der Waals surface area (Å²) in [7, 11) is -2.60. The van der Waals surface area contributed by atoms with Crippen molar-refractivity contribution in [3.05, 3.63) is 150 Å². The Morgan fingerprint density at radius 2 is 1.44 bits per heavy atom. The van der Waals surface area contributed by atoms with Crippen LogP contribution in [0.25, 0.3) is 0 Å². The zero-order valence-corrected chi connectivity index (χ0v) is 27.2. The Labute approximate surface area is 279 Å². The van der Waals surface area contributed by atoms with Gasteiger partial charge in [0.15, 0.2) is 6.61 Å². The molecular weight excluding hydrogens is 628 g/mol. The van der Waals surface area contributed by atoms with Crippen molar-refractivity contribution in [3.8, 4) is 11.5 Å². The Kier molecular flexibility index (Phi) is 10.8. The third-order valence-electron chi connectivity index (χ3n) is 7.20. The Bertz CT molecular complexity index is 1980. The van der Waals surface area contributed by atoms with Gasteiger partial charge in [0.05, 0.1) is 36.0 Å². The summed E-state index contributed by atoms with van der Waals surface area (Å²) in [5, 5.41) is 6.87. The Balaban J connectivity index is 1.27. The highest BCUT2D eigenvalue weighted by Crippen LogP contribution is 2.30. The molecule has 0 bridgehead atoms. The van der Waals surface area contributed by atoms with E-state index in [0.717, 1.165) is 11.1 Å². The number of carbonyl (C=O) groups excluding carboxylic acids is 2. The van der Waals surface area contributed by atoms with Crippen LogP contribution in [0.5, 0.6) is 11.5 Å². The SMILES string of the molecule is COc1ccc(S(=O)(=O)N(Cc2ccccc2)c2ccccc2C(=O)N/N=C\c2ccc(OCC(=O)Nc3ccc(C)cc3)cc2)cc1. The summed E-state index contributed by atoms with van der Waals surface area (Å²) in [4.78, 5) is 25.7. The Morgan fingerprint density at radius 1 is 0.792 bits per heavy atom. The summed E-state index contributed by atoms with van der Waals surface area (Å²) >= 11 is 0. The number of aryl methyl sites for hydroxylation is 1. The first-order chi connectivity index (χ1) is 23.2. The number of benzene rings is 5. The quantitative estimate of drug-likeness (QED) is 0.115. The molecule has 0 saturated heterocycles. The van der Waals surface area contributed by atoms with Gasteiger partial charge in [0.2, 0.25) is 0 Å². The van der Waals surface area contributed by atoms with Crippen LogP contribution in [0.2, 0.25) is 0 Å². The molecule has 0 atom stereocenters. The molecule has 11 heteroatoms. The maximum absolute atomic E-state index is 14.0. The molecule has 2 amide bonds. The van der Waals surface area contributed by atoms with Crippen molar-refractivity contribution >= 4 is 39.4 Å². The number of hydrogen-bond acceptors (Lipinski definition) is 7. The van der Waals surface area contributed by atoms with Crippen LogP contribution < -0.4 is 24.5 Å². The predicted molar refractivity (Wildman–Crippen MR) is 186 cm³/mol. The second-order valence-electron chi connectivity index (χ2n) is 10.7. The van der Waals surface area contributed by atoms with E-state index < -0.39 is 15.9 Å². The number of anilines is 2. The monoisotopic (exact) mass is 662 g/mol. The largest absolute Gasteiger partial charge is 0.497 e. The van der Waals surface area contributed by atoms with Crippen LogP contribution in [0, 0.1) is 6.92 Å². The first-order valence-corrected chi connectivity index (χ1v) is 16.4. The summed E-state index contributed by atoms with van der Waals surface area (Å²) in [5.41, 5.74) is 6.00. The molecule has 0 spiro atoms. The van der Waals surface area contributed by atoms with E-state index in [1.807, 2.05) is 61.5 Å². The van der Waals surface area contributed by atoms with Gasteiger partial charge in [-0.1, -0.05) is 60.2 Å². The van der Waals surface area contributed by atoms with Gasteiger partial charge in [-0.2, -0.15) is 5.10 Å². The number of amides is 2. The number of ether oxygens (including phenoxy) is 2. The van der Waals surface area contributed by atoms with Crippen LogP contribution in [0.4, 0.5) is 11.4 Å². The van der Waals surface area contributed by atoms with Crippen molar-refractivity contribution in [3.63, 3.8) is 0 Å². The van der Waals surface area contributed by atoms with Gasteiger partial charge < -0.3 is 14.8 Å². The van der Waals surface area contributed by atoms with Gasteiger partial charge in [-0.15, -0.1) is 0 Å². The molecule has 5 aromatic rings. The fourth-order valence-electron chi connectivity index (χ4n) is 4.67. The van der Waals surface area contributed by atoms with E-state index in [1.165, 1.54) is 29.8 Å². The lowest BCUT2D eigenvalue weighted by molar-refractivity contribution is -0.118. The fourth-order valence-corrected chi connectivity index (χ4v) is 6.14. The molecule has 244 valence electrons. The minimum atomic E-state index is -4.11. The first kappa shape index (κ1) is 33.4. The number of methoxy groups -OCH3 is 1.